The van der Waals surface area contributed by atoms with Crippen LogP contribution in [-0.4, -0.2) is 35.3 Å². The lowest BCUT2D eigenvalue weighted by Gasteiger charge is -2.42. The van der Waals surface area contributed by atoms with Crippen LogP contribution in [0.4, 0.5) is 0 Å². The Hall–Kier alpha value is -1.10. The molecule has 2 bridgehead atoms. The normalized spacial score (nSPS) is 39.7. The Balaban J connectivity index is 2.30. The number of rotatable bonds is 2. The van der Waals surface area contributed by atoms with Gasteiger partial charge in [0.15, 0.2) is 5.60 Å². The molecule has 1 aliphatic carbocycles. The van der Waals surface area contributed by atoms with Crippen molar-refractivity contribution in [3.05, 3.63) is 0 Å². The minimum atomic E-state index is -0.901. The predicted molar refractivity (Wildman–Crippen MR) is 67.4 cm³/mol. The third-order valence-corrected chi connectivity index (χ3v) is 4.38. The highest BCUT2D eigenvalue weighted by atomic mass is 16.6. The van der Waals surface area contributed by atoms with E-state index in [0.29, 0.717) is 12.3 Å². The molecule has 2 aliphatic rings. The molecular weight excluding hydrogens is 248 g/mol. The van der Waals surface area contributed by atoms with E-state index in [9.17, 15) is 9.59 Å². The molecule has 0 aromatic carbocycles. The summed E-state index contributed by atoms with van der Waals surface area (Å²) >= 11 is 0. The monoisotopic (exact) mass is 270 g/mol. The van der Waals surface area contributed by atoms with Crippen LogP contribution in [0.15, 0.2) is 0 Å². The molecule has 1 heterocycles. The van der Waals surface area contributed by atoms with Crippen molar-refractivity contribution in [2.24, 2.45) is 5.92 Å². The number of carbonyl (C=O) groups excluding carboxylic acids is 2. The average Bonchev–Trinajstić information content (AvgIpc) is 2.48. The second kappa shape index (κ2) is 4.47. The average molecular weight is 270 g/mol. The summed E-state index contributed by atoms with van der Waals surface area (Å²) in [5.74, 6) is -0.431. The topological polar surface area (TPSA) is 61.8 Å². The van der Waals surface area contributed by atoms with Crippen LogP contribution in [0.3, 0.4) is 0 Å². The SMILES string of the molecule is CC(=O)O[C@@H]1C[C@H]2C[C@@H](OC2(C)C)[C@@]1(C)OC(C)=O. The van der Waals surface area contributed by atoms with Crippen molar-refractivity contribution in [3.63, 3.8) is 0 Å². The fraction of sp³-hybridized carbons (Fsp3) is 0.857. The van der Waals surface area contributed by atoms with Gasteiger partial charge in [-0.25, -0.2) is 0 Å². The summed E-state index contributed by atoms with van der Waals surface area (Å²) in [6, 6.07) is 0. The van der Waals surface area contributed by atoms with Gasteiger partial charge in [0.2, 0.25) is 0 Å². The van der Waals surface area contributed by atoms with Crippen LogP contribution in [-0.2, 0) is 23.8 Å². The van der Waals surface area contributed by atoms with E-state index in [2.05, 4.69) is 0 Å². The van der Waals surface area contributed by atoms with Gasteiger partial charge >= 0.3 is 11.9 Å². The summed E-state index contributed by atoms with van der Waals surface area (Å²) in [7, 11) is 0. The van der Waals surface area contributed by atoms with Crippen LogP contribution in [0, 0.1) is 5.92 Å². The van der Waals surface area contributed by atoms with Crippen LogP contribution in [0.2, 0.25) is 0 Å². The number of esters is 2. The Kier molecular flexibility index (Phi) is 3.37. The molecule has 1 saturated carbocycles. The Morgan fingerprint density at radius 2 is 1.74 bits per heavy atom. The van der Waals surface area contributed by atoms with Gasteiger partial charge in [0, 0.05) is 13.8 Å². The number of hydrogen-bond donors (Lipinski definition) is 0. The maximum atomic E-state index is 11.4. The van der Waals surface area contributed by atoms with Crippen LogP contribution >= 0.6 is 0 Å². The largest absolute Gasteiger partial charge is 0.458 e. The van der Waals surface area contributed by atoms with E-state index < -0.39 is 11.7 Å². The maximum Gasteiger partial charge on any atom is 0.303 e. The van der Waals surface area contributed by atoms with E-state index in [4.69, 9.17) is 14.2 Å². The zero-order chi connectivity index (χ0) is 14.4. The third kappa shape index (κ3) is 2.48. The molecule has 0 N–H and O–H groups in total. The zero-order valence-electron chi connectivity index (χ0n) is 12.2. The van der Waals surface area contributed by atoms with E-state index in [1.54, 1.807) is 6.92 Å². The summed E-state index contributed by atoms with van der Waals surface area (Å²) < 4.78 is 16.9. The van der Waals surface area contributed by atoms with Crippen molar-refractivity contribution < 1.29 is 23.8 Å². The van der Waals surface area contributed by atoms with Crippen LogP contribution in [0.5, 0.6) is 0 Å². The van der Waals surface area contributed by atoms with Gasteiger partial charge in [0.05, 0.1) is 5.60 Å². The van der Waals surface area contributed by atoms with E-state index >= 15 is 0 Å². The predicted octanol–water partition coefficient (Wildman–Crippen LogP) is 1.83. The first-order chi connectivity index (χ1) is 8.65. The Morgan fingerprint density at radius 3 is 2.26 bits per heavy atom. The van der Waals surface area contributed by atoms with Crippen molar-refractivity contribution in [2.45, 2.75) is 70.9 Å². The molecule has 0 spiro atoms. The molecule has 5 nitrogen and oxygen atoms in total. The van der Waals surface area contributed by atoms with Crippen molar-refractivity contribution in [1.82, 2.24) is 0 Å². The fourth-order valence-electron chi connectivity index (χ4n) is 3.29. The van der Waals surface area contributed by atoms with E-state index in [1.807, 2.05) is 13.8 Å². The summed E-state index contributed by atoms with van der Waals surface area (Å²) in [5.41, 5.74) is -1.18. The second-order valence-electron chi connectivity index (χ2n) is 6.25. The molecule has 0 aromatic heterocycles. The molecule has 0 amide bonds. The first-order valence-electron chi connectivity index (χ1n) is 6.70. The number of fused-ring (bicyclic) bond motifs is 2. The standard InChI is InChI=1S/C14H22O5/c1-8(15)17-11-6-10-7-12(19-13(10,3)4)14(11,5)18-9(2)16/h10-12H,6-7H2,1-5H3/t10-,11+,12+,14-/m0/s1. The summed E-state index contributed by atoms with van der Waals surface area (Å²) in [4.78, 5) is 22.6. The molecule has 0 unspecified atom stereocenters. The minimum absolute atomic E-state index is 0.227. The van der Waals surface area contributed by atoms with E-state index in [1.165, 1.54) is 13.8 Å². The smallest absolute Gasteiger partial charge is 0.303 e. The first-order valence-corrected chi connectivity index (χ1v) is 6.70. The molecular formula is C14H22O5. The zero-order valence-corrected chi connectivity index (χ0v) is 12.2. The number of carbonyl (C=O) groups is 2. The van der Waals surface area contributed by atoms with Gasteiger partial charge in [-0.05, 0) is 39.5 Å². The molecule has 1 saturated heterocycles. The van der Waals surface area contributed by atoms with Gasteiger partial charge in [-0.2, -0.15) is 0 Å². The van der Waals surface area contributed by atoms with Crippen LogP contribution in [0.1, 0.15) is 47.5 Å². The van der Waals surface area contributed by atoms with Gasteiger partial charge in [0.1, 0.15) is 12.2 Å². The van der Waals surface area contributed by atoms with Crippen LogP contribution < -0.4 is 0 Å². The Labute approximate surface area is 113 Å². The van der Waals surface area contributed by atoms with Gasteiger partial charge < -0.3 is 14.2 Å². The molecule has 5 heteroatoms. The molecule has 2 fully saturated rings. The van der Waals surface area contributed by atoms with Gasteiger partial charge in [-0.15, -0.1) is 0 Å². The molecule has 4 atom stereocenters. The Morgan fingerprint density at radius 1 is 1.11 bits per heavy atom. The van der Waals surface area contributed by atoms with Crippen molar-refractivity contribution in [1.29, 1.82) is 0 Å². The molecule has 0 radical (unpaired) electrons. The van der Waals surface area contributed by atoms with Crippen molar-refractivity contribution in [3.8, 4) is 0 Å². The first kappa shape index (κ1) is 14.3. The highest BCUT2D eigenvalue weighted by Crippen LogP contribution is 2.50. The lowest BCUT2D eigenvalue weighted by Crippen LogP contribution is -2.56. The molecule has 1 aliphatic heterocycles. The Bertz CT molecular complexity index is 403. The molecule has 19 heavy (non-hydrogen) atoms. The third-order valence-electron chi connectivity index (χ3n) is 4.38. The summed E-state index contributed by atoms with van der Waals surface area (Å²) in [6.07, 6.45) is 0.815. The molecule has 108 valence electrons. The van der Waals surface area contributed by atoms with Gasteiger partial charge in [0.25, 0.3) is 0 Å². The summed E-state index contributed by atoms with van der Waals surface area (Å²) in [5, 5.41) is 0. The van der Waals surface area contributed by atoms with Crippen molar-refractivity contribution in [2.75, 3.05) is 0 Å². The quantitative estimate of drug-likeness (QED) is 0.716. The summed E-state index contributed by atoms with van der Waals surface area (Å²) in [6.45, 7) is 8.59. The number of ether oxygens (including phenoxy) is 3. The second-order valence-corrected chi connectivity index (χ2v) is 6.25. The highest BCUT2D eigenvalue weighted by Gasteiger charge is 2.60. The molecule has 0 aromatic rings. The maximum absolute atomic E-state index is 11.4. The number of hydrogen-bond acceptors (Lipinski definition) is 5. The van der Waals surface area contributed by atoms with E-state index in [-0.39, 0.29) is 23.6 Å². The highest BCUT2D eigenvalue weighted by molar-refractivity contribution is 5.68. The van der Waals surface area contributed by atoms with Crippen LogP contribution in [0.25, 0.3) is 0 Å². The van der Waals surface area contributed by atoms with E-state index in [0.717, 1.165) is 6.42 Å². The lowest BCUT2D eigenvalue weighted by molar-refractivity contribution is -0.207. The lowest BCUT2D eigenvalue weighted by atomic mass is 9.73. The fourth-order valence-corrected chi connectivity index (χ4v) is 3.29. The minimum Gasteiger partial charge on any atom is -0.458 e. The van der Waals surface area contributed by atoms with Gasteiger partial charge in [-0.1, -0.05) is 0 Å². The van der Waals surface area contributed by atoms with Crippen molar-refractivity contribution >= 4 is 11.9 Å². The van der Waals surface area contributed by atoms with Gasteiger partial charge in [-0.3, -0.25) is 9.59 Å². The molecule has 2 rings (SSSR count).